The highest BCUT2D eigenvalue weighted by Gasteiger charge is 2.14. The van der Waals surface area contributed by atoms with Gasteiger partial charge in [0.05, 0.1) is 0 Å². The van der Waals surface area contributed by atoms with E-state index in [2.05, 4.69) is 0 Å². The first kappa shape index (κ1) is 17.5. The normalized spacial score (nSPS) is 12.3. The molecule has 7 nitrogen and oxygen atoms in total. The van der Waals surface area contributed by atoms with E-state index in [-0.39, 0.29) is 23.3 Å². The molecule has 0 amide bonds. The second kappa shape index (κ2) is 6.73. The number of nitrogens with zero attached hydrogens (tertiary/aromatic N) is 2. The third kappa shape index (κ3) is 5.08. The van der Waals surface area contributed by atoms with Gasteiger partial charge < -0.3 is 0 Å². The largest absolute Gasteiger partial charge is 0.262 e. The Kier molecular flexibility index (Phi) is 5.12. The van der Waals surface area contributed by atoms with Crippen LogP contribution in [-0.4, -0.2) is 29.3 Å². The average Bonchev–Trinajstić information content (AvgIpc) is 2.46. The standard InChI is InChI=1S/C14H18N2O5S2/c1-22(17,18)13-5-3-7-15(9-13)11-21-12-16-8-4-6-14(10-16)23(2,19)20/h3-10H,11-12H2,1-2H3/q+2. The maximum absolute atomic E-state index is 11.5. The van der Waals surface area contributed by atoms with Crippen LogP contribution in [0.3, 0.4) is 0 Å². The van der Waals surface area contributed by atoms with E-state index in [0.29, 0.717) is 0 Å². The molecule has 9 heteroatoms. The average molecular weight is 358 g/mol. The Morgan fingerprint density at radius 1 is 0.826 bits per heavy atom. The summed E-state index contributed by atoms with van der Waals surface area (Å²) in [6, 6.07) is 6.26. The van der Waals surface area contributed by atoms with Crippen LogP contribution in [0.25, 0.3) is 0 Å². The van der Waals surface area contributed by atoms with Gasteiger partial charge in [0.15, 0.2) is 44.5 Å². The summed E-state index contributed by atoms with van der Waals surface area (Å²) in [4.78, 5) is 0.408. The van der Waals surface area contributed by atoms with Crippen LogP contribution >= 0.6 is 0 Å². The number of hydrogen-bond acceptors (Lipinski definition) is 5. The van der Waals surface area contributed by atoms with Crippen molar-refractivity contribution in [3.8, 4) is 0 Å². The molecule has 2 rings (SSSR count). The van der Waals surface area contributed by atoms with Crippen molar-refractivity contribution in [3.63, 3.8) is 0 Å². The first-order valence-electron chi connectivity index (χ1n) is 6.62. The number of aromatic nitrogens is 2. The van der Waals surface area contributed by atoms with Crippen molar-refractivity contribution in [1.29, 1.82) is 0 Å². The van der Waals surface area contributed by atoms with Crippen molar-refractivity contribution in [2.24, 2.45) is 0 Å². The predicted molar refractivity (Wildman–Crippen MR) is 80.6 cm³/mol. The van der Waals surface area contributed by atoms with Gasteiger partial charge in [0.2, 0.25) is 0 Å². The Morgan fingerprint density at radius 2 is 1.22 bits per heavy atom. The second-order valence-electron chi connectivity index (χ2n) is 5.11. The fourth-order valence-corrected chi connectivity index (χ4v) is 3.15. The van der Waals surface area contributed by atoms with Crippen molar-refractivity contribution >= 4 is 19.7 Å². The van der Waals surface area contributed by atoms with Gasteiger partial charge in [-0.1, -0.05) is 0 Å². The minimum Gasteiger partial charge on any atom is -0.262 e. The Labute approximate surface area is 135 Å². The molecular formula is C14H18N2O5S2+2. The highest BCUT2D eigenvalue weighted by molar-refractivity contribution is 7.91. The minimum absolute atomic E-state index is 0.138. The maximum Gasteiger partial charge on any atom is 0.257 e. The molecule has 124 valence electrons. The van der Waals surface area contributed by atoms with Crippen LogP contribution in [0.1, 0.15) is 0 Å². The van der Waals surface area contributed by atoms with Crippen molar-refractivity contribution in [2.75, 3.05) is 12.5 Å². The summed E-state index contributed by atoms with van der Waals surface area (Å²) in [5, 5.41) is 0. The van der Waals surface area contributed by atoms with E-state index in [1.807, 2.05) is 0 Å². The van der Waals surface area contributed by atoms with Gasteiger partial charge in [-0.25, -0.2) is 16.8 Å². The maximum atomic E-state index is 11.5. The molecule has 0 aromatic carbocycles. The molecular weight excluding hydrogens is 340 g/mol. The Hall–Kier alpha value is -1.84. The molecule has 0 N–H and O–H groups in total. The van der Waals surface area contributed by atoms with E-state index in [1.54, 1.807) is 33.7 Å². The third-order valence-corrected chi connectivity index (χ3v) is 5.19. The summed E-state index contributed by atoms with van der Waals surface area (Å²) in [6.45, 7) is 0.277. The van der Waals surface area contributed by atoms with E-state index in [4.69, 9.17) is 4.74 Å². The monoisotopic (exact) mass is 358 g/mol. The molecule has 0 atom stereocenters. The molecule has 0 aliphatic rings. The van der Waals surface area contributed by atoms with Crippen LogP contribution in [0.4, 0.5) is 0 Å². The second-order valence-corrected chi connectivity index (χ2v) is 9.15. The molecule has 2 heterocycles. The van der Waals surface area contributed by atoms with Crippen LogP contribution < -0.4 is 9.13 Å². The summed E-state index contributed by atoms with van der Waals surface area (Å²) < 4.78 is 54.7. The highest BCUT2D eigenvalue weighted by atomic mass is 32.2. The molecule has 0 saturated heterocycles. The molecule has 0 unspecified atom stereocenters. The lowest BCUT2D eigenvalue weighted by Gasteiger charge is -2.01. The number of pyridine rings is 2. The smallest absolute Gasteiger partial charge is 0.257 e. The number of ether oxygens (including phenoxy) is 1. The van der Waals surface area contributed by atoms with Gasteiger partial charge in [0, 0.05) is 24.6 Å². The van der Waals surface area contributed by atoms with Crippen LogP contribution in [-0.2, 0) is 37.9 Å². The first-order chi connectivity index (χ1) is 10.7. The van der Waals surface area contributed by atoms with Crippen LogP contribution in [0.5, 0.6) is 0 Å². The quantitative estimate of drug-likeness (QED) is 0.662. The van der Waals surface area contributed by atoms with Gasteiger partial charge in [-0.2, -0.15) is 9.13 Å². The van der Waals surface area contributed by atoms with Gasteiger partial charge >= 0.3 is 0 Å². The van der Waals surface area contributed by atoms with Crippen molar-refractivity contribution in [1.82, 2.24) is 0 Å². The molecule has 2 aromatic heterocycles. The fourth-order valence-electron chi connectivity index (χ4n) is 1.85. The van der Waals surface area contributed by atoms with Crippen LogP contribution in [0, 0.1) is 0 Å². The van der Waals surface area contributed by atoms with Gasteiger partial charge in [-0.15, -0.1) is 0 Å². The SMILES string of the molecule is CS(=O)(=O)c1ccc[n+](COC[n+]2cccc(S(C)(=O)=O)c2)c1. The zero-order chi connectivity index (χ0) is 17.1. The summed E-state index contributed by atoms with van der Waals surface area (Å²) in [7, 11) is -6.55. The molecule has 0 radical (unpaired) electrons. The molecule has 2 aromatic rings. The number of sulfone groups is 2. The predicted octanol–water partition coefficient (Wildman–Crippen LogP) is -0.300. The van der Waals surface area contributed by atoms with E-state index in [9.17, 15) is 16.8 Å². The van der Waals surface area contributed by atoms with Gasteiger partial charge in [-0.3, -0.25) is 4.74 Å². The highest BCUT2D eigenvalue weighted by Crippen LogP contribution is 2.04. The van der Waals surface area contributed by atoms with Gasteiger partial charge in [0.25, 0.3) is 13.5 Å². The fraction of sp³-hybridized carbons (Fsp3) is 0.286. The Bertz CT molecular complexity index is 833. The van der Waals surface area contributed by atoms with E-state index in [0.717, 1.165) is 12.5 Å². The van der Waals surface area contributed by atoms with E-state index in [1.165, 1.54) is 24.5 Å². The minimum atomic E-state index is -3.27. The van der Waals surface area contributed by atoms with Crippen LogP contribution in [0.2, 0.25) is 0 Å². The summed E-state index contributed by atoms with van der Waals surface area (Å²) >= 11 is 0. The first-order valence-corrected chi connectivity index (χ1v) is 10.4. The zero-order valence-corrected chi connectivity index (χ0v) is 14.4. The molecule has 0 aliphatic heterocycles. The van der Waals surface area contributed by atoms with Crippen molar-refractivity contribution < 1.29 is 30.7 Å². The number of rotatable bonds is 6. The molecule has 0 bridgehead atoms. The Balaban J connectivity index is 2.03. The third-order valence-electron chi connectivity index (χ3n) is 3.00. The summed E-state index contributed by atoms with van der Waals surface area (Å²) in [6.07, 6.45) is 8.61. The van der Waals surface area contributed by atoms with Gasteiger partial charge in [0.1, 0.15) is 9.79 Å². The molecule has 0 aliphatic carbocycles. The van der Waals surface area contributed by atoms with Crippen LogP contribution in [0.15, 0.2) is 58.8 Å². The molecule has 0 fully saturated rings. The van der Waals surface area contributed by atoms with Crippen molar-refractivity contribution in [3.05, 3.63) is 49.1 Å². The van der Waals surface area contributed by atoms with E-state index >= 15 is 0 Å². The lowest BCUT2D eigenvalue weighted by atomic mass is 10.5. The molecule has 0 saturated carbocycles. The molecule has 23 heavy (non-hydrogen) atoms. The Morgan fingerprint density at radius 3 is 1.57 bits per heavy atom. The number of hydrogen-bond donors (Lipinski definition) is 0. The lowest BCUT2D eigenvalue weighted by Crippen LogP contribution is -2.40. The van der Waals surface area contributed by atoms with E-state index < -0.39 is 19.7 Å². The van der Waals surface area contributed by atoms with Crippen molar-refractivity contribution in [2.45, 2.75) is 23.3 Å². The zero-order valence-electron chi connectivity index (χ0n) is 12.8. The summed E-state index contributed by atoms with van der Waals surface area (Å²) in [5.41, 5.74) is 0. The van der Waals surface area contributed by atoms with Gasteiger partial charge in [-0.05, 0) is 12.1 Å². The lowest BCUT2D eigenvalue weighted by molar-refractivity contribution is -0.789. The molecule has 0 spiro atoms. The topological polar surface area (TPSA) is 85.3 Å². The summed E-state index contributed by atoms with van der Waals surface area (Å²) in [5.74, 6) is 0.